The monoisotopic (exact) mass is 325 g/mol. The molecule has 24 heavy (non-hydrogen) atoms. The van der Waals surface area contributed by atoms with Crippen LogP contribution in [0.25, 0.3) is 0 Å². The van der Waals surface area contributed by atoms with E-state index in [1.807, 2.05) is 23.1 Å². The minimum atomic E-state index is -0.0214. The molecule has 0 bridgehead atoms. The Morgan fingerprint density at radius 1 is 1.17 bits per heavy atom. The number of hydrogen-bond donors (Lipinski definition) is 0. The number of benzene rings is 2. The Morgan fingerprint density at radius 2 is 2.00 bits per heavy atom. The van der Waals surface area contributed by atoms with Gasteiger partial charge in [0.15, 0.2) is 11.5 Å². The van der Waals surface area contributed by atoms with E-state index in [1.165, 1.54) is 0 Å². The van der Waals surface area contributed by atoms with E-state index >= 15 is 0 Å². The number of hydrogen-bond acceptors (Lipinski definition) is 4. The number of fused-ring (bicyclic) bond motifs is 2. The van der Waals surface area contributed by atoms with Crippen molar-refractivity contribution >= 4 is 11.6 Å². The molecule has 2 aliphatic rings. The molecule has 5 heteroatoms. The van der Waals surface area contributed by atoms with Crippen LogP contribution in [-0.2, 0) is 6.42 Å². The fourth-order valence-electron chi connectivity index (χ4n) is 3.33. The van der Waals surface area contributed by atoms with Gasteiger partial charge >= 0.3 is 0 Å². The molecule has 0 fully saturated rings. The van der Waals surface area contributed by atoms with Gasteiger partial charge in [-0.25, -0.2) is 0 Å². The van der Waals surface area contributed by atoms with Gasteiger partial charge in [0.05, 0.1) is 7.11 Å². The van der Waals surface area contributed by atoms with E-state index in [9.17, 15) is 4.79 Å². The second-order valence-electron chi connectivity index (χ2n) is 6.13. The quantitative estimate of drug-likeness (QED) is 0.849. The van der Waals surface area contributed by atoms with E-state index in [4.69, 9.17) is 14.2 Å². The van der Waals surface area contributed by atoms with Crippen LogP contribution in [0.3, 0.4) is 0 Å². The molecule has 2 heterocycles. The highest BCUT2D eigenvalue weighted by Crippen LogP contribution is 2.37. The molecule has 0 N–H and O–H groups in total. The van der Waals surface area contributed by atoms with Crippen LogP contribution in [0.2, 0.25) is 0 Å². The van der Waals surface area contributed by atoms with Crippen LogP contribution >= 0.6 is 0 Å². The maximum atomic E-state index is 13.1. The number of methoxy groups -OCH3 is 1. The summed E-state index contributed by atoms with van der Waals surface area (Å²) in [6.45, 7) is 2.29. The van der Waals surface area contributed by atoms with Crippen LogP contribution < -0.4 is 19.1 Å². The Bertz CT molecular complexity index is 802. The fourth-order valence-corrected chi connectivity index (χ4v) is 3.33. The van der Waals surface area contributed by atoms with Gasteiger partial charge in [0.1, 0.15) is 5.75 Å². The SMILES string of the molecule is COc1ccc2c(c1)CC[C@H](C)N2C(=O)c1ccc2c(c1)OCO2. The minimum absolute atomic E-state index is 0.0214. The first-order chi connectivity index (χ1) is 11.7. The highest BCUT2D eigenvalue weighted by molar-refractivity contribution is 6.07. The summed E-state index contributed by atoms with van der Waals surface area (Å²) >= 11 is 0. The molecule has 5 nitrogen and oxygen atoms in total. The van der Waals surface area contributed by atoms with Crippen molar-refractivity contribution in [2.24, 2.45) is 0 Å². The van der Waals surface area contributed by atoms with Crippen molar-refractivity contribution in [3.8, 4) is 17.2 Å². The first-order valence-electron chi connectivity index (χ1n) is 8.07. The molecule has 0 aliphatic carbocycles. The number of nitrogens with zero attached hydrogens (tertiary/aromatic N) is 1. The summed E-state index contributed by atoms with van der Waals surface area (Å²) in [6.07, 6.45) is 1.87. The van der Waals surface area contributed by atoms with Crippen LogP contribution in [0.5, 0.6) is 17.2 Å². The average molecular weight is 325 g/mol. The molecule has 124 valence electrons. The van der Waals surface area contributed by atoms with Gasteiger partial charge in [-0.15, -0.1) is 0 Å². The third kappa shape index (κ3) is 2.37. The highest BCUT2D eigenvalue weighted by Gasteiger charge is 2.30. The van der Waals surface area contributed by atoms with E-state index < -0.39 is 0 Å². The first-order valence-corrected chi connectivity index (χ1v) is 8.07. The van der Waals surface area contributed by atoms with Gasteiger partial charge in [-0.1, -0.05) is 0 Å². The number of amides is 1. The predicted octanol–water partition coefficient (Wildman–Crippen LogP) is 3.41. The van der Waals surface area contributed by atoms with Crippen molar-refractivity contribution in [3.63, 3.8) is 0 Å². The lowest BCUT2D eigenvalue weighted by Crippen LogP contribution is -2.42. The van der Waals surface area contributed by atoms with Crippen molar-refractivity contribution in [3.05, 3.63) is 47.5 Å². The van der Waals surface area contributed by atoms with Crippen LogP contribution in [0.15, 0.2) is 36.4 Å². The summed E-state index contributed by atoms with van der Waals surface area (Å²) in [4.78, 5) is 15.0. The number of carbonyl (C=O) groups excluding carboxylic acids is 1. The Labute approximate surface area is 140 Å². The topological polar surface area (TPSA) is 48.0 Å². The summed E-state index contributed by atoms with van der Waals surface area (Å²) in [5, 5.41) is 0. The van der Waals surface area contributed by atoms with Crippen molar-refractivity contribution in [2.75, 3.05) is 18.8 Å². The molecular formula is C19H19NO4. The molecule has 0 aromatic heterocycles. The molecule has 2 aromatic carbocycles. The lowest BCUT2D eigenvalue weighted by molar-refractivity contribution is 0.0974. The Balaban J connectivity index is 1.72. The van der Waals surface area contributed by atoms with Gasteiger partial charge < -0.3 is 19.1 Å². The molecule has 0 saturated carbocycles. The fraction of sp³-hybridized carbons (Fsp3) is 0.316. The molecule has 0 radical (unpaired) electrons. The standard InChI is InChI=1S/C19H19NO4/c1-12-3-4-13-9-15(22-2)6-7-16(13)20(12)19(21)14-5-8-17-18(10-14)24-11-23-17/h5-10,12H,3-4,11H2,1-2H3/t12-/m0/s1. The van der Waals surface area contributed by atoms with E-state index in [0.717, 1.165) is 29.8 Å². The van der Waals surface area contributed by atoms with E-state index in [2.05, 4.69) is 6.92 Å². The van der Waals surface area contributed by atoms with E-state index in [0.29, 0.717) is 17.1 Å². The molecule has 0 unspecified atom stereocenters. The second kappa shape index (κ2) is 5.74. The summed E-state index contributed by atoms with van der Waals surface area (Å²) in [5.41, 5.74) is 2.70. The number of anilines is 1. The number of rotatable bonds is 2. The molecule has 1 atom stereocenters. The maximum Gasteiger partial charge on any atom is 0.258 e. The molecule has 2 aromatic rings. The summed E-state index contributed by atoms with van der Waals surface area (Å²) in [5.74, 6) is 2.11. The lowest BCUT2D eigenvalue weighted by Gasteiger charge is -2.35. The summed E-state index contributed by atoms with van der Waals surface area (Å²) in [6, 6.07) is 11.4. The third-order valence-electron chi connectivity index (χ3n) is 4.66. The molecule has 0 spiro atoms. The molecule has 2 aliphatic heterocycles. The summed E-state index contributed by atoms with van der Waals surface area (Å²) < 4.78 is 16.0. The summed E-state index contributed by atoms with van der Waals surface area (Å²) in [7, 11) is 1.66. The Morgan fingerprint density at radius 3 is 2.83 bits per heavy atom. The lowest BCUT2D eigenvalue weighted by atomic mass is 9.95. The third-order valence-corrected chi connectivity index (χ3v) is 4.66. The van der Waals surface area contributed by atoms with Gasteiger partial charge in [0, 0.05) is 17.3 Å². The molecule has 1 amide bonds. The molecular weight excluding hydrogens is 306 g/mol. The normalized spacial score (nSPS) is 18.2. The van der Waals surface area contributed by atoms with Crippen LogP contribution in [0.1, 0.15) is 29.3 Å². The largest absolute Gasteiger partial charge is 0.497 e. The Hall–Kier alpha value is -2.69. The predicted molar refractivity (Wildman–Crippen MR) is 90.2 cm³/mol. The number of aryl methyl sites for hydroxylation is 1. The maximum absolute atomic E-state index is 13.1. The zero-order chi connectivity index (χ0) is 16.7. The van der Waals surface area contributed by atoms with Crippen molar-refractivity contribution in [1.29, 1.82) is 0 Å². The molecule has 0 saturated heterocycles. The van der Waals surface area contributed by atoms with Crippen molar-refractivity contribution < 1.29 is 19.0 Å². The average Bonchev–Trinajstić information content (AvgIpc) is 3.08. The second-order valence-corrected chi connectivity index (χ2v) is 6.13. The number of carbonyl (C=O) groups is 1. The van der Waals surface area contributed by atoms with Gasteiger partial charge in [0.2, 0.25) is 6.79 Å². The smallest absolute Gasteiger partial charge is 0.258 e. The van der Waals surface area contributed by atoms with Crippen LogP contribution in [-0.4, -0.2) is 25.9 Å². The minimum Gasteiger partial charge on any atom is -0.497 e. The number of ether oxygens (including phenoxy) is 3. The van der Waals surface area contributed by atoms with Gasteiger partial charge in [0.25, 0.3) is 5.91 Å². The highest BCUT2D eigenvalue weighted by atomic mass is 16.7. The van der Waals surface area contributed by atoms with Crippen molar-refractivity contribution in [1.82, 2.24) is 0 Å². The zero-order valence-corrected chi connectivity index (χ0v) is 13.7. The van der Waals surface area contributed by atoms with E-state index in [1.54, 1.807) is 25.3 Å². The van der Waals surface area contributed by atoms with Crippen LogP contribution in [0.4, 0.5) is 5.69 Å². The molecule has 4 rings (SSSR count). The van der Waals surface area contributed by atoms with Crippen molar-refractivity contribution in [2.45, 2.75) is 25.8 Å². The Kier molecular flexibility index (Phi) is 3.56. The van der Waals surface area contributed by atoms with Gasteiger partial charge in [-0.2, -0.15) is 0 Å². The van der Waals surface area contributed by atoms with Crippen LogP contribution in [0, 0.1) is 0 Å². The van der Waals surface area contributed by atoms with E-state index in [-0.39, 0.29) is 18.7 Å². The first kappa shape index (κ1) is 14.9. The van der Waals surface area contributed by atoms with Gasteiger partial charge in [-0.05, 0) is 61.7 Å². The van der Waals surface area contributed by atoms with Gasteiger partial charge in [-0.3, -0.25) is 4.79 Å². The zero-order valence-electron chi connectivity index (χ0n) is 13.7.